The zero-order chi connectivity index (χ0) is 21.4. The molecular formula is C25H31NO4. The maximum Gasteiger partial charge on any atom is 0.313 e. The largest absolute Gasteiger partial charge is 0.443 e. The molecule has 1 fully saturated rings. The van der Waals surface area contributed by atoms with Gasteiger partial charge in [-0.3, -0.25) is 4.79 Å². The van der Waals surface area contributed by atoms with Crippen molar-refractivity contribution in [1.82, 2.24) is 0 Å². The molecule has 5 nitrogen and oxygen atoms in total. The van der Waals surface area contributed by atoms with Gasteiger partial charge in [0.25, 0.3) is 0 Å². The number of nitrogens with zero attached hydrogens (tertiary/aromatic N) is 1. The van der Waals surface area contributed by atoms with Gasteiger partial charge in [-0.1, -0.05) is 38.1 Å². The van der Waals surface area contributed by atoms with E-state index in [1.807, 2.05) is 45.0 Å². The van der Waals surface area contributed by atoms with E-state index >= 15 is 0 Å². The highest BCUT2D eigenvalue weighted by Gasteiger charge is 2.47. The number of rotatable bonds is 5. The van der Waals surface area contributed by atoms with Gasteiger partial charge in [0, 0.05) is 11.1 Å². The molecule has 1 saturated heterocycles. The molecule has 0 unspecified atom stereocenters. The lowest BCUT2D eigenvalue weighted by atomic mass is 9.87. The van der Waals surface area contributed by atoms with E-state index in [2.05, 4.69) is 30.0 Å². The number of hydrogen-bond acceptors (Lipinski definition) is 5. The van der Waals surface area contributed by atoms with Gasteiger partial charge in [0.1, 0.15) is 0 Å². The Balaban J connectivity index is 1.80. The summed E-state index contributed by atoms with van der Waals surface area (Å²) in [6.45, 7) is 9.40. The molecule has 0 N–H and O–H groups in total. The number of para-hydroxylation sites is 1. The molecule has 2 aromatic rings. The fourth-order valence-corrected chi connectivity index (χ4v) is 4.01. The lowest BCUT2D eigenvalue weighted by molar-refractivity contribution is -0.249. The van der Waals surface area contributed by atoms with Crippen molar-refractivity contribution in [3.63, 3.8) is 0 Å². The Bertz CT molecular complexity index is 930. The molecule has 2 aromatic carbocycles. The van der Waals surface area contributed by atoms with Crippen molar-refractivity contribution in [2.75, 3.05) is 24.8 Å². The summed E-state index contributed by atoms with van der Waals surface area (Å²) in [4.78, 5) is 14.7. The third-order valence-electron chi connectivity index (χ3n) is 6.32. The number of anilines is 2. The number of hydrogen-bond donors (Lipinski definition) is 0. The monoisotopic (exact) mass is 409 g/mol. The molecule has 0 bridgehead atoms. The number of benzene rings is 2. The summed E-state index contributed by atoms with van der Waals surface area (Å²) in [5, 5.41) is 0. The normalized spacial score (nSPS) is 17.4. The summed E-state index contributed by atoms with van der Waals surface area (Å²) >= 11 is 0. The molecule has 1 spiro atoms. The van der Waals surface area contributed by atoms with E-state index in [-0.39, 0.29) is 12.7 Å². The van der Waals surface area contributed by atoms with Crippen LogP contribution in [-0.4, -0.2) is 25.9 Å². The van der Waals surface area contributed by atoms with E-state index in [1.54, 1.807) is 0 Å². The molecule has 2 aliphatic heterocycles. The highest BCUT2D eigenvalue weighted by atomic mass is 16.7. The fourth-order valence-electron chi connectivity index (χ4n) is 4.01. The molecule has 0 saturated carbocycles. The van der Waals surface area contributed by atoms with Crippen LogP contribution >= 0.6 is 0 Å². The molecule has 0 aliphatic carbocycles. The Labute approximate surface area is 178 Å². The lowest BCUT2D eigenvalue weighted by Crippen LogP contribution is -2.45. The maximum atomic E-state index is 12.7. The highest BCUT2D eigenvalue weighted by molar-refractivity contribution is 5.79. The van der Waals surface area contributed by atoms with Crippen LogP contribution < -0.4 is 4.90 Å². The van der Waals surface area contributed by atoms with Gasteiger partial charge in [0.2, 0.25) is 5.79 Å². The van der Waals surface area contributed by atoms with Crippen LogP contribution in [0.5, 0.6) is 0 Å². The number of carbonyl (C=O) groups is 1. The summed E-state index contributed by atoms with van der Waals surface area (Å²) in [5.74, 6) is -1.11. The van der Waals surface area contributed by atoms with Crippen LogP contribution in [0.15, 0.2) is 42.5 Å². The van der Waals surface area contributed by atoms with Crippen molar-refractivity contribution in [1.29, 1.82) is 0 Å². The summed E-state index contributed by atoms with van der Waals surface area (Å²) in [7, 11) is 0. The Morgan fingerprint density at radius 2 is 1.77 bits per heavy atom. The third-order valence-corrected chi connectivity index (χ3v) is 6.32. The van der Waals surface area contributed by atoms with Crippen LogP contribution in [0.2, 0.25) is 0 Å². The topological polar surface area (TPSA) is 48.0 Å². The van der Waals surface area contributed by atoms with Gasteiger partial charge in [-0.25, -0.2) is 0 Å². The van der Waals surface area contributed by atoms with E-state index in [0.717, 1.165) is 41.8 Å². The molecular weight excluding hydrogens is 378 g/mol. The molecule has 0 atom stereocenters. The Morgan fingerprint density at radius 3 is 2.47 bits per heavy atom. The SMILES string of the molecule is CCc1ccc2c(c1)C1(OCCCO1)c1ccccc1N2COC(=O)C(C)(C)CC. The van der Waals surface area contributed by atoms with Crippen LogP contribution in [0.3, 0.4) is 0 Å². The van der Waals surface area contributed by atoms with Crippen molar-refractivity contribution in [3.8, 4) is 0 Å². The van der Waals surface area contributed by atoms with Crippen molar-refractivity contribution in [3.05, 3.63) is 59.2 Å². The maximum absolute atomic E-state index is 12.7. The Kier molecular flexibility index (Phi) is 5.60. The first-order chi connectivity index (χ1) is 14.4. The molecule has 160 valence electrons. The molecule has 2 heterocycles. The third kappa shape index (κ3) is 3.40. The number of fused-ring (bicyclic) bond motifs is 4. The van der Waals surface area contributed by atoms with Gasteiger partial charge < -0.3 is 19.1 Å². The first kappa shape index (κ1) is 20.9. The zero-order valence-electron chi connectivity index (χ0n) is 18.4. The lowest BCUT2D eigenvalue weighted by Gasteiger charge is -2.46. The fraction of sp³-hybridized carbons (Fsp3) is 0.480. The van der Waals surface area contributed by atoms with Gasteiger partial charge >= 0.3 is 5.97 Å². The van der Waals surface area contributed by atoms with Crippen molar-refractivity contribution in [2.45, 2.75) is 52.7 Å². The van der Waals surface area contributed by atoms with E-state index in [0.29, 0.717) is 13.2 Å². The predicted molar refractivity (Wildman–Crippen MR) is 117 cm³/mol. The molecule has 0 radical (unpaired) electrons. The van der Waals surface area contributed by atoms with Gasteiger partial charge in [0.05, 0.1) is 30.0 Å². The summed E-state index contributed by atoms with van der Waals surface area (Å²) in [6.07, 6.45) is 2.52. The van der Waals surface area contributed by atoms with Gasteiger partial charge in [0.15, 0.2) is 6.73 Å². The average Bonchev–Trinajstić information content (AvgIpc) is 2.79. The van der Waals surface area contributed by atoms with E-state index < -0.39 is 11.2 Å². The van der Waals surface area contributed by atoms with Crippen molar-refractivity contribution in [2.24, 2.45) is 5.41 Å². The second-order valence-electron chi connectivity index (χ2n) is 8.62. The second-order valence-corrected chi connectivity index (χ2v) is 8.62. The standard InChI is InChI=1S/C25H31NO4/c1-5-18-12-13-22-20(16-18)25(29-14-9-15-30-25)19-10-7-8-11-21(19)26(22)17-28-23(27)24(3,4)6-2/h7-8,10-13,16H,5-6,9,14-15,17H2,1-4H3. The molecule has 0 amide bonds. The number of carbonyl (C=O) groups excluding carboxylic acids is 1. The Morgan fingerprint density at radius 1 is 1.07 bits per heavy atom. The van der Waals surface area contributed by atoms with Crippen LogP contribution in [-0.2, 0) is 31.2 Å². The summed E-state index contributed by atoms with van der Waals surface area (Å²) in [5.41, 5.74) is 4.53. The predicted octanol–water partition coefficient (Wildman–Crippen LogP) is 5.28. The second kappa shape index (κ2) is 8.05. The molecule has 4 rings (SSSR count). The van der Waals surface area contributed by atoms with Gasteiger partial charge in [-0.2, -0.15) is 0 Å². The molecule has 2 aliphatic rings. The first-order valence-electron chi connectivity index (χ1n) is 10.9. The molecule has 0 aromatic heterocycles. The Hall–Kier alpha value is -2.37. The smallest absolute Gasteiger partial charge is 0.313 e. The minimum absolute atomic E-state index is 0.147. The number of ether oxygens (including phenoxy) is 3. The van der Waals surface area contributed by atoms with E-state index in [9.17, 15) is 4.79 Å². The number of esters is 1. The zero-order valence-corrected chi connectivity index (χ0v) is 18.4. The van der Waals surface area contributed by atoms with Gasteiger partial charge in [-0.15, -0.1) is 0 Å². The van der Waals surface area contributed by atoms with Crippen LogP contribution in [0.4, 0.5) is 11.4 Å². The minimum Gasteiger partial charge on any atom is -0.443 e. The number of aryl methyl sites for hydroxylation is 1. The van der Waals surface area contributed by atoms with Crippen LogP contribution in [0, 0.1) is 5.41 Å². The summed E-state index contributed by atoms with van der Waals surface area (Å²) < 4.78 is 18.5. The van der Waals surface area contributed by atoms with Crippen molar-refractivity contribution >= 4 is 17.3 Å². The van der Waals surface area contributed by atoms with Gasteiger partial charge in [-0.05, 0) is 56.9 Å². The molecule has 30 heavy (non-hydrogen) atoms. The summed E-state index contributed by atoms with van der Waals surface area (Å²) in [6, 6.07) is 14.5. The van der Waals surface area contributed by atoms with E-state index in [4.69, 9.17) is 14.2 Å². The van der Waals surface area contributed by atoms with E-state index in [1.165, 1.54) is 5.56 Å². The van der Waals surface area contributed by atoms with Crippen LogP contribution in [0.25, 0.3) is 0 Å². The molecule has 5 heteroatoms. The first-order valence-corrected chi connectivity index (χ1v) is 10.9. The van der Waals surface area contributed by atoms with Crippen LogP contribution in [0.1, 0.15) is 57.2 Å². The van der Waals surface area contributed by atoms with Crippen molar-refractivity contribution < 1.29 is 19.0 Å². The highest BCUT2D eigenvalue weighted by Crippen LogP contribution is 2.51. The minimum atomic E-state index is -0.918. The average molecular weight is 410 g/mol. The quantitative estimate of drug-likeness (QED) is 0.629.